The second kappa shape index (κ2) is 6.83. The van der Waals surface area contributed by atoms with Crippen LogP contribution in [-0.2, 0) is 4.74 Å². The van der Waals surface area contributed by atoms with E-state index in [1.165, 1.54) is 6.07 Å². The number of hydrogen-bond acceptors (Lipinski definition) is 5. The third kappa shape index (κ3) is 3.90. The summed E-state index contributed by atoms with van der Waals surface area (Å²) in [6.07, 6.45) is 0. The third-order valence-corrected chi connectivity index (χ3v) is 2.47. The van der Waals surface area contributed by atoms with Crippen LogP contribution in [0.5, 0.6) is 0 Å². The van der Waals surface area contributed by atoms with E-state index in [-0.39, 0.29) is 18.8 Å². The van der Waals surface area contributed by atoms with Crippen molar-refractivity contribution in [3.63, 3.8) is 0 Å². The van der Waals surface area contributed by atoms with E-state index in [1.54, 1.807) is 24.1 Å². The lowest BCUT2D eigenvalue weighted by Crippen LogP contribution is -2.25. The monoisotopic (exact) mass is 254 g/mol. The number of likely N-dealkylation sites (N-methyl/N-ethyl adjacent to an activating group) is 1. The Hall–Kier alpha value is -1.79. The smallest absolute Gasteiger partial charge is 0.337 e. The lowest BCUT2D eigenvalue weighted by atomic mass is 10.1. The van der Waals surface area contributed by atoms with Gasteiger partial charge in [0.15, 0.2) is 0 Å². The van der Waals surface area contributed by atoms with Crippen LogP contribution in [0.1, 0.15) is 10.4 Å². The molecule has 0 radical (unpaired) electrons. The molecule has 0 aliphatic carbocycles. The van der Waals surface area contributed by atoms with E-state index in [9.17, 15) is 4.79 Å². The first-order chi connectivity index (χ1) is 8.56. The molecule has 1 aromatic carbocycles. The van der Waals surface area contributed by atoms with Crippen LogP contribution in [0.25, 0.3) is 0 Å². The van der Waals surface area contributed by atoms with Crippen molar-refractivity contribution in [3.8, 4) is 0 Å². The Kier molecular flexibility index (Phi) is 5.41. The molecule has 6 heteroatoms. The molecule has 0 aromatic heterocycles. The first-order valence-electron chi connectivity index (χ1n) is 5.59. The summed E-state index contributed by atoms with van der Waals surface area (Å²) in [5, 5.41) is 17.7. The fraction of sp³-hybridized carbons (Fsp3) is 0.417. The van der Waals surface area contributed by atoms with E-state index < -0.39 is 5.97 Å². The van der Waals surface area contributed by atoms with Gasteiger partial charge in [-0.15, -0.1) is 0 Å². The molecule has 0 fully saturated rings. The summed E-state index contributed by atoms with van der Waals surface area (Å²) >= 11 is 0. The number of anilines is 2. The predicted molar refractivity (Wildman–Crippen MR) is 69.0 cm³/mol. The summed E-state index contributed by atoms with van der Waals surface area (Å²) in [5.41, 5.74) is 6.92. The number of carboxylic acid groups (broad SMARTS) is 1. The molecule has 1 rings (SSSR count). The zero-order valence-corrected chi connectivity index (χ0v) is 10.3. The zero-order valence-electron chi connectivity index (χ0n) is 10.3. The number of benzene rings is 1. The molecule has 0 saturated heterocycles. The lowest BCUT2D eigenvalue weighted by molar-refractivity contribution is 0.0697. The second-order valence-corrected chi connectivity index (χ2v) is 3.84. The van der Waals surface area contributed by atoms with Gasteiger partial charge in [0, 0.05) is 19.3 Å². The van der Waals surface area contributed by atoms with E-state index in [4.69, 9.17) is 20.7 Å². The summed E-state index contributed by atoms with van der Waals surface area (Å²) in [4.78, 5) is 12.8. The number of rotatable bonds is 7. The highest BCUT2D eigenvalue weighted by Crippen LogP contribution is 2.22. The third-order valence-electron chi connectivity index (χ3n) is 2.47. The summed E-state index contributed by atoms with van der Waals surface area (Å²) in [7, 11) is 1.77. The van der Waals surface area contributed by atoms with Gasteiger partial charge in [-0.3, -0.25) is 0 Å². The van der Waals surface area contributed by atoms with Gasteiger partial charge >= 0.3 is 5.97 Å². The Balaban J connectivity index is 2.74. The van der Waals surface area contributed by atoms with Gasteiger partial charge in [-0.05, 0) is 18.2 Å². The Morgan fingerprint density at radius 2 is 2.17 bits per heavy atom. The maximum Gasteiger partial charge on any atom is 0.337 e. The summed E-state index contributed by atoms with van der Waals surface area (Å²) in [6.45, 7) is 1.17. The molecule has 0 saturated carbocycles. The molecule has 100 valence electrons. The highest BCUT2D eigenvalue weighted by Gasteiger charge is 2.13. The van der Waals surface area contributed by atoms with Crippen molar-refractivity contribution in [2.75, 3.05) is 44.0 Å². The van der Waals surface area contributed by atoms with Crippen LogP contribution in [0.4, 0.5) is 11.4 Å². The van der Waals surface area contributed by atoms with Crippen molar-refractivity contribution in [3.05, 3.63) is 23.8 Å². The molecule has 1 aromatic rings. The first kappa shape index (κ1) is 14.3. The number of nitrogens with two attached hydrogens (primary N) is 1. The second-order valence-electron chi connectivity index (χ2n) is 3.84. The normalized spacial score (nSPS) is 10.3. The van der Waals surface area contributed by atoms with E-state index in [2.05, 4.69) is 0 Å². The van der Waals surface area contributed by atoms with Crippen LogP contribution >= 0.6 is 0 Å². The molecule has 0 spiro atoms. The van der Waals surface area contributed by atoms with Crippen molar-refractivity contribution in [1.29, 1.82) is 0 Å². The van der Waals surface area contributed by atoms with Crippen molar-refractivity contribution < 1.29 is 19.7 Å². The molecule has 0 atom stereocenters. The molecule has 0 heterocycles. The first-order valence-corrected chi connectivity index (χ1v) is 5.59. The Morgan fingerprint density at radius 3 is 2.78 bits per heavy atom. The van der Waals surface area contributed by atoms with Crippen LogP contribution in [0.3, 0.4) is 0 Å². The van der Waals surface area contributed by atoms with Gasteiger partial charge in [0.25, 0.3) is 0 Å². The predicted octanol–water partition coefficient (Wildman–Crippen LogP) is 0.412. The van der Waals surface area contributed by atoms with Gasteiger partial charge in [0.1, 0.15) is 0 Å². The zero-order chi connectivity index (χ0) is 13.5. The van der Waals surface area contributed by atoms with Crippen molar-refractivity contribution in [1.82, 2.24) is 0 Å². The van der Waals surface area contributed by atoms with Crippen molar-refractivity contribution >= 4 is 17.3 Å². The minimum absolute atomic E-state index is 0.0254. The molecule has 0 aliphatic rings. The molecule has 4 N–H and O–H groups in total. The number of ether oxygens (including phenoxy) is 1. The summed E-state index contributed by atoms with van der Waals surface area (Å²) in [6, 6.07) is 4.66. The maximum absolute atomic E-state index is 11.1. The largest absolute Gasteiger partial charge is 0.478 e. The fourth-order valence-corrected chi connectivity index (χ4v) is 1.53. The average Bonchev–Trinajstić information content (AvgIpc) is 2.34. The quantitative estimate of drug-likeness (QED) is 0.482. The van der Waals surface area contributed by atoms with E-state index in [0.717, 1.165) is 0 Å². The van der Waals surface area contributed by atoms with Gasteiger partial charge in [-0.1, -0.05) is 0 Å². The standard InChI is InChI=1S/C12H18N2O4/c1-14(4-6-18-7-5-15)11-8-9(13)2-3-10(11)12(16)17/h2-3,8,15H,4-7,13H2,1H3,(H,16,17). The number of carboxylic acids is 1. The minimum atomic E-state index is -0.992. The number of hydrogen-bond donors (Lipinski definition) is 3. The molecule has 18 heavy (non-hydrogen) atoms. The maximum atomic E-state index is 11.1. The molecule has 0 amide bonds. The highest BCUT2D eigenvalue weighted by atomic mass is 16.5. The summed E-state index contributed by atoms with van der Waals surface area (Å²) in [5.74, 6) is -0.992. The number of aromatic carboxylic acids is 1. The number of carbonyl (C=O) groups is 1. The van der Waals surface area contributed by atoms with Crippen LogP contribution < -0.4 is 10.6 Å². The SMILES string of the molecule is CN(CCOCCO)c1cc(N)ccc1C(=O)O. The number of nitrogens with zero attached hydrogens (tertiary/aromatic N) is 1. The van der Waals surface area contributed by atoms with Crippen molar-refractivity contribution in [2.24, 2.45) is 0 Å². The lowest BCUT2D eigenvalue weighted by Gasteiger charge is -2.21. The van der Waals surface area contributed by atoms with Gasteiger partial charge in [0.05, 0.1) is 31.1 Å². The van der Waals surface area contributed by atoms with Crippen LogP contribution in [0, 0.1) is 0 Å². The highest BCUT2D eigenvalue weighted by molar-refractivity contribution is 5.95. The van der Waals surface area contributed by atoms with Gasteiger partial charge in [-0.25, -0.2) is 4.79 Å². The molecular weight excluding hydrogens is 236 g/mol. The number of aliphatic hydroxyl groups is 1. The molecule has 0 bridgehead atoms. The topological polar surface area (TPSA) is 96.0 Å². The van der Waals surface area contributed by atoms with Crippen LogP contribution in [-0.4, -0.2) is 49.6 Å². The Labute approximate surface area is 106 Å². The fourth-order valence-electron chi connectivity index (χ4n) is 1.53. The number of nitrogen functional groups attached to an aromatic ring is 1. The van der Waals surface area contributed by atoms with Crippen molar-refractivity contribution in [2.45, 2.75) is 0 Å². The van der Waals surface area contributed by atoms with Gasteiger partial charge in [-0.2, -0.15) is 0 Å². The molecular formula is C12H18N2O4. The Morgan fingerprint density at radius 1 is 1.44 bits per heavy atom. The van der Waals surface area contributed by atoms with Crippen LogP contribution in [0.2, 0.25) is 0 Å². The van der Waals surface area contributed by atoms with E-state index in [0.29, 0.717) is 24.5 Å². The molecule has 0 unspecified atom stereocenters. The Bertz CT molecular complexity index is 409. The molecule has 6 nitrogen and oxygen atoms in total. The average molecular weight is 254 g/mol. The van der Waals surface area contributed by atoms with Crippen LogP contribution in [0.15, 0.2) is 18.2 Å². The van der Waals surface area contributed by atoms with Gasteiger partial charge < -0.3 is 25.6 Å². The summed E-state index contributed by atoms with van der Waals surface area (Å²) < 4.78 is 5.14. The van der Waals surface area contributed by atoms with E-state index in [1.807, 2.05) is 0 Å². The van der Waals surface area contributed by atoms with Gasteiger partial charge in [0.2, 0.25) is 0 Å². The number of aliphatic hydroxyl groups excluding tert-OH is 1. The van der Waals surface area contributed by atoms with E-state index >= 15 is 0 Å². The molecule has 0 aliphatic heterocycles. The minimum Gasteiger partial charge on any atom is -0.478 e.